The first-order chi connectivity index (χ1) is 21.7. The van der Waals surface area contributed by atoms with E-state index < -0.39 is 14.8 Å². The summed E-state index contributed by atoms with van der Waals surface area (Å²) in [6.45, 7) is 41.3. The number of aliphatic hydroxyl groups excluding tert-OH is 2. The molecule has 0 saturated carbocycles. The smallest absolute Gasteiger partial charge is 0.154 e. The van der Waals surface area contributed by atoms with Crippen LogP contribution in [0.25, 0.3) is 0 Å². The second kappa shape index (κ2) is 41.5. The van der Waals surface area contributed by atoms with Crippen molar-refractivity contribution in [2.45, 2.75) is 86.0 Å². The maximum absolute atomic E-state index is 10.1. The van der Waals surface area contributed by atoms with Crippen LogP contribution in [0.15, 0.2) is 139 Å². The Balaban J connectivity index is -0.000000158. The Morgan fingerprint density at radius 3 is 1.17 bits per heavy atom. The van der Waals surface area contributed by atoms with E-state index in [0.29, 0.717) is 0 Å². The Hall–Kier alpha value is -3.50. The zero-order chi connectivity index (χ0) is 36.8. The van der Waals surface area contributed by atoms with E-state index in [2.05, 4.69) is 66.0 Å². The molecule has 0 aliphatic rings. The Morgan fingerprint density at radius 2 is 0.913 bits per heavy atom. The van der Waals surface area contributed by atoms with Gasteiger partial charge >= 0.3 is 22.5 Å². The zero-order valence-electron chi connectivity index (χ0n) is 29.3. The van der Waals surface area contributed by atoms with E-state index in [-0.39, 0.29) is 13.2 Å². The van der Waals surface area contributed by atoms with Crippen LogP contribution >= 0.6 is 0 Å². The molecular weight excluding hydrogens is 639 g/mol. The molecule has 0 fully saturated rings. The van der Waals surface area contributed by atoms with Gasteiger partial charge in [0.1, 0.15) is 6.29 Å². The average molecular weight is 701 g/mol. The Bertz CT molecular complexity index is 1050. The monoisotopic (exact) mass is 701 g/mol. The van der Waals surface area contributed by atoms with Crippen LogP contribution in [0.2, 0.25) is 0 Å². The first-order valence-electron chi connectivity index (χ1n) is 15.0. The van der Waals surface area contributed by atoms with Crippen LogP contribution in [-0.4, -0.2) is 44.5 Å². The predicted molar refractivity (Wildman–Crippen MR) is 201 cm³/mol. The van der Waals surface area contributed by atoms with Gasteiger partial charge in [-0.15, -0.1) is 0 Å². The molecule has 0 aliphatic heterocycles. The van der Waals surface area contributed by atoms with Crippen molar-refractivity contribution in [1.82, 2.24) is 0 Å². The van der Waals surface area contributed by atoms with Crippen molar-refractivity contribution in [1.29, 1.82) is 0 Å². The second-order valence-electron chi connectivity index (χ2n) is 10.4. The van der Waals surface area contributed by atoms with Gasteiger partial charge in [-0.05, 0) is 91.7 Å². The number of hydrogen-bond acceptors (Lipinski definition) is 5. The minimum absolute atomic E-state index is 0.138. The molecule has 0 aliphatic carbocycles. The summed E-state index contributed by atoms with van der Waals surface area (Å²) in [6.07, 6.45) is 23.4. The van der Waals surface area contributed by atoms with E-state index in [9.17, 15) is 4.79 Å². The molecule has 5 nitrogen and oxygen atoms in total. The average Bonchev–Trinajstić information content (AvgIpc) is 3.04. The largest absolute Gasteiger partial charge is 0.392 e. The van der Waals surface area contributed by atoms with Gasteiger partial charge in [-0.25, -0.2) is 0 Å². The van der Waals surface area contributed by atoms with Gasteiger partial charge in [0.15, 0.2) is 6.08 Å². The van der Waals surface area contributed by atoms with Crippen LogP contribution in [-0.2, 0) is 12.5 Å². The third kappa shape index (κ3) is 53.1. The molecule has 0 atom stereocenters. The minimum atomic E-state index is -1.62. The Morgan fingerprint density at radius 1 is 0.609 bits per heavy atom. The van der Waals surface area contributed by atoms with Crippen LogP contribution in [0, 0.1) is 6.58 Å². The normalized spacial score (nSPS) is 10.1. The third-order valence-electron chi connectivity index (χ3n) is 5.65. The topological polar surface area (TPSA) is 91.7 Å². The number of aldehydes is 1. The fourth-order valence-electron chi connectivity index (χ4n) is 2.61. The molecule has 6 heteroatoms. The van der Waals surface area contributed by atoms with Gasteiger partial charge in [-0.1, -0.05) is 115 Å². The van der Waals surface area contributed by atoms with E-state index in [1.165, 1.54) is 11.6 Å². The van der Waals surface area contributed by atoms with Crippen molar-refractivity contribution < 1.29 is 22.7 Å². The summed E-state index contributed by atoms with van der Waals surface area (Å²) in [5.74, 6) is 0. The van der Waals surface area contributed by atoms with Crippen LogP contribution in [0.1, 0.15) is 86.0 Å². The van der Waals surface area contributed by atoms with E-state index in [1.807, 2.05) is 38.2 Å². The van der Waals surface area contributed by atoms with Gasteiger partial charge in [0.25, 0.3) is 0 Å². The van der Waals surface area contributed by atoms with Crippen molar-refractivity contribution in [3.8, 4) is 0 Å². The van der Waals surface area contributed by atoms with Crippen molar-refractivity contribution in [2.75, 3.05) is 13.2 Å². The molecule has 0 aromatic heterocycles. The van der Waals surface area contributed by atoms with E-state index in [0.717, 1.165) is 96.7 Å². The Labute approximate surface area is 287 Å². The quantitative estimate of drug-likeness (QED) is 0.0350. The molecule has 0 rings (SSSR count). The van der Waals surface area contributed by atoms with Gasteiger partial charge in [0.2, 0.25) is 0 Å². The molecule has 0 heterocycles. The first kappa shape index (κ1) is 52.0. The zero-order valence-corrected chi connectivity index (χ0v) is 31.0. The van der Waals surface area contributed by atoms with Crippen LogP contribution < -0.4 is 0 Å². The fraction of sp³-hybridized carbons (Fsp3) is 0.375. The Kier molecular flexibility index (Phi) is 47.0. The number of rotatable bonds is 19. The molecule has 2 N–H and O–H groups in total. The summed E-state index contributed by atoms with van der Waals surface area (Å²) in [4.78, 5) is 10.1. The summed E-state index contributed by atoms with van der Waals surface area (Å²) in [7, 11) is 0. The predicted octanol–water partition coefficient (Wildman–Crippen LogP) is 10.2. The van der Waals surface area contributed by atoms with Crippen molar-refractivity contribution in [2.24, 2.45) is 0 Å². The molecule has 0 unspecified atom stereocenters. The molecule has 0 aromatic rings. The molecular formula is C40H61O5Se+. The van der Waals surface area contributed by atoms with E-state index in [4.69, 9.17) is 24.5 Å². The number of aliphatic hydroxyl groups is 2. The SMILES string of the molecule is C=CC(=C)CC/C=C(\C)C=O.C=CC(=C)CC/C=C(\C)CO.C=CC(=C)CCC=C(C)C.O=[Se]=O.[CH+]=CC(=C)CC/C=C(\C)CO. The van der Waals surface area contributed by atoms with E-state index in [1.54, 1.807) is 19.1 Å². The summed E-state index contributed by atoms with van der Waals surface area (Å²) in [5.41, 5.74) is 8.28. The molecule has 0 saturated heterocycles. The summed E-state index contributed by atoms with van der Waals surface area (Å²) in [5, 5.41) is 17.3. The van der Waals surface area contributed by atoms with Crippen molar-refractivity contribution in [3.05, 3.63) is 146 Å². The summed E-state index contributed by atoms with van der Waals surface area (Å²) in [6, 6.07) is 0. The van der Waals surface area contributed by atoms with Crippen molar-refractivity contribution >= 4 is 21.1 Å². The molecule has 0 aromatic carbocycles. The first-order valence-corrected chi connectivity index (χ1v) is 16.4. The molecule has 256 valence electrons. The number of carbonyl (C=O) groups is 1. The minimum Gasteiger partial charge on any atom is -0.392 e. The summed E-state index contributed by atoms with van der Waals surface area (Å²) < 4.78 is 16.9. The van der Waals surface area contributed by atoms with Gasteiger partial charge in [0, 0.05) is 13.0 Å². The van der Waals surface area contributed by atoms with Crippen LogP contribution in [0.5, 0.6) is 0 Å². The van der Waals surface area contributed by atoms with Crippen LogP contribution in [0.3, 0.4) is 0 Å². The number of hydrogen-bond donors (Lipinski definition) is 2. The third-order valence-corrected chi connectivity index (χ3v) is 5.65. The van der Waals surface area contributed by atoms with Gasteiger partial charge in [0.05, 0.1) is 18.8 Å². The van der Waals surface area contributed by atoms with Crippen molar-refractivity contribution in [3.63, 3.8) is 0 Å². The molecule has 0 spiro atoms. The molecule has 0 bridgehead atoms. The van der Waals surface area contributed by atoms with Gasteiger partial charge < -0.3 is 10.2 Å². The maximum atomic E-state index is 10.1. The van der Waals surface area contributed by atoms with Gasteiger partial charge in [-0.3, -0.25) is 4.79 Å². The fourth-order valence-corrected chi connectivity index (χ4v) is 2.61. The van der Waals surface area contributed by atoms with E-state index >= 15 is 0 Å². The molecule has 0 radical (unpaired) electrons. The van der Waals surface area contributed by atoms with Crippen LogP contribution in [0.4, 0.5) is 0 Å². The number of carbonyl (C=O) groups excluding carboxylic acids is 1. The second-order valence-corrected chi connectivity index (χ2v) is 10.7. The molecule has 46 heavy (non-hydrogen) atoms. The number of allylic oxidation sites excluding steroid dienone is 14. The summed E-state index contributed by atoms with van der Waals surface area (Å²) >= 11 is -1.62. The molecule has 0 amide bonds. The maximum Gasteiger partial charge on any atom is 0.154 e. The standard InChI is InChI=1S/C10H16O.C10H15O.C10H14O.C10H16.O2Se/c3*1-4-9(2)6-5-7-10(3)8-11;1-5-10(4)8-6-7-9(2)3;1-3-2/h4,7,11H,1-2,5-6,8H2,3H3;1,4,7,11H,2,5-6,8H2,3H3;4,7-8H,1-2,5-6H2,3H3;5,7H,1,4,6,8H2,2-3H3;/q;+1;;;/b3*10-7+;;. The van der Waals surface area contributed by atoms with Gasteiger partial charge in [-0.2, -0.15) is 0 Å².